The first kappa shape index (κ1) is 67.2. The van der Waals surface area contributed by atoms with Gasteiger partial charge >= 0.3 is 35.8 Å². The number of pyridine rings is 2. The molecule has 1 unspecified atom stereocenters. The number of nitrogens with zero attached hydrogens (tertiary/aromatic N) is 3. The van der Waals surface area contributed by atoms with Gasteiger partial charge in [-0.15, -0.1) is 0 Å². The van der Waals surface area contributed by atoms with Crippen molar-refractivity contribution in [3.63, 3.8) is 0 Å². The molecule has 7 aromatic rings. The average Bonchev–Trinajstić information content (AvgIpc) is 1.09. The Hall–Kier alpha value is -10.3. The lowest BCUT2D eigenvalue weighted by Crippen LogP contribution is -2.82. The van der Waals surface area contributed by atoms with Crippen LogP contribution in [-0.2, 0) is 82.4 Å². The molecule has 12 atom stereocenters. The number of benzene rings is 5. The van der Waals surface area contributed by atoms with Gasteiger partial charge in [0.2, 0.25) is 0 Å². The van der Waals surface area contributed by atoms with Crippen molar-refractivity contribution in [2.24, 2.45) is 21.7 Å². The van der Waals surface area contributed by atoms with E-state index in [4.69, 9.17) is 43.1 Å². The number of hydrogen-bond donors (Lipinski definition) is 4. The van der Waals surface area contributed by atoms with Crippen molar-refractivity contribution in [1.82, 2.24) is 14.9 Å². The molecule has 0 radical (unpaired) electrons. The lowest BCUT2D eigenvalue weighted by molar-refractivity contribution is -0.345. The van der Waals surface area contributed by atoms with Crippen molar-refractivity contribution in [2.75, 3.05) is 6.61 Å². The molecule has 2 bridgehead atoms. The molecule has 1 amide bonds. The number of aliphatic hydroxyl groups is 3. The van der Waals surface area contributed by atoms with Gasteiger partial charge in [-0.05, 0) is 91.1 Å². The molecule has 3 aliphatic heterocycles. The number of para-hydroxylation sites is 1. The molecule has 510 valence electrons. The number of aliphatic hydroxyl groups excluding tert-OH is 1. The number of nitrogens with one attached hydrogen (secondary N) is 1. The highest BCUT2D eigenvalue weighted by Crippen LogP contribution is 2.65. The number of esters is 6. The third kappa shape index (κ3) is 11.2. The van der Waals surface area contributed by atoms with Gasteiger partial charge in [-0.25, -0.2) is 24.2 Å². The Labute approximate surface area is 567 Å². The summed E-state index contributed by atoms with van der Waals surface area (Å²) in [4.78, 5) is 139. The van der Waals surface area contributed by atoms with E-state index in [2.05, 4.69) is 5.32 Å². The molecule has 0 spiro atoms. The fourth-order valence-electron chi connectivity index (χ4n) is 15.7. The summed E-state index contributed by atoms with van der Waals surface area (Å²) in [5.74, 6) is -9.20. The summed E-state index contributed by atoms with van der Waals surface area (Å²) in [6, 6.07) is 38.0. The number of aromatic nitrogens is 2. The second kappa shape index (κ2) is 25.5. The SMILES string of the molecule is CC[C@]1(O)C(=O)OCc2c1cc1n(c2=O)Cc2c-1nc1ccccc1c2C=NCc1ccc(C(=O)O[C@H]2C[C@H]3OC[C@@]3(OC(C)=O)C3[C@H](OC(=O)c4ccccc4)[C@]4(O)C[C@H](OC(=O)[C@H](O)[C@@H](NC(=O)c5ccccc5)c5ccccc5)C(C)=C([C@@H](OC(C)=O)C(=O)[C@@]32C)C4(C)C)cc1. The summed E-state index contributed by atoms with van der Waals surface area (Å²) in [7, 11) is 0. The molecule has 3 fully saturated rings. The number of ether oxygens (including phenoxy) is 7. The van der Waals surface area contributed by atoms with Gasteiger partial charge in [0.05, 0.1) is 70.7 Å². The molecule has 23 nitrogen and oxygen atoms in total. The van der Waals surface area contributed by atoms with Gasteiger partial charge in [0, 0.05) is 66.0 Å². The number of ketones is 1. The van der Waals surface area contributed by atoms with Crippen molar-refractivity contribution in [3.8, 4) is 11.4 Å². The number of Topliss-reactive ketones (excluding diaryl/α,β-unsaturated/α-hetero) is 1. The van der Waals surface area contributed by atoms with Crippen LogP contribution in [0.3, 0.4) is 0 Å². The Bertz CT molecular complexity index is 4610. The van der Waals surface area contributed by atoms with Crippen LogP contribution in [-0.4, -0.2) is 133 Å². The third-order valence-electron chi connectivity index (χ3n) is 21.0. The van der Waals surface area contributed by atoms with Gasteiger partial charge in [-0.2, -0.15) is 0 Å². The van der Waals surface area contributed by atoms with Gasteiger partial charge in [0.25, 0.3) is 11.5 Å². The molecule has 5 aromatic carbocycles. The minimum absolute atomic E-state index is 0.000939. The Morgan fingerprint density at radius 1 is 0.778 bits per heavy atom. The van der Waals surface area contributed by atoms with Crippen LogP contribution in [0.25, 0.3) is 22.3 Å². The van der Waals surface area contributed by atoms with Crippen molar-refractivity contribution in [1.29, 1.82) is 0 Å². The first-order valence-corrected chi connectivity index (χ1v) is 32.7. The molecule has 1 saturated heterocycles. The standard InChI is InChI=1S/C76H72N4O19/c1-8-74(91)52-32-54-60-50(37-80(54)67(86)51(52)38-93-71(74)90)49(48-26-18-19-27-53(48)78-60)36-77-35-43-28-30-47(31-29-43)68(87)97-56-33-57-75(39-94-57,99-42(4)82)63-65(98-69(88)46-24-16-11-17-25-46)76(92)34-55(40(2)58(72(76,5)6)62(95-41(3)81)64(84)73(56,63)7)96-70(89)61(83)59(44-20-12-9-13-21-44)79-66(85)45-22-14-10-15-23-45/h9-32,36,55-57,59,61-63,65,83,91-92H,8,33-35,37-39H2,1-7H3,(H,79,85)/t55-,56-,57+,59-,61+,62+,63?,65-,73+,74+,75-,76+/m0/s1. The monoisotopic (exact) mass is 1340 g/mol. The Morgan fingerprint density at radius 3 is 2.06 bits per heavy atom. The van der Waals surface area contributed by atoms with Crippen LogP contribution < -0.4 is 10.9 Å². The zero-order valence-electron chi connectivity index (χ0n) is 55.2. The average molecular weight is 1350 g/mol. The zero-order valence-corrected chi connectivity index (χ0v) is 55.2. The second-order valence-electron chi connectivity index (χ2n) is 26.9. The van der Waals surface area contributed by atoms with Crippen LogP contribution >= 0.6 is 0 Å². The summed E-state index contributed by atoms with van der Waals surface area (Å²) >= 11 is 0. The predicted octanol–water partition coefficient (Wildman–Crippen LogP) is 7.61. The second-order valence-corrected chi connectivity index (χ2v) is 26.9. The van der Waals surface area contributed by atoms with Crippen molar-refractivity contribution >= 4 is 64.6 Å². The number of amides is 1. The van der Waals surface area contributed by atoms with Crippen LogP contribution in [0.2, 0.25) is 0 Å². The number of rotatable bonds is 16. The minimum Gasteiger partial charge on any atom is -0.458 e. The number of cyclic esters (lactones) is 1. The Balaban J connectivity index is 0.850. The first-order chi connectivity index (χ1) is 47.2. The van der Waals surface area contributed by atoms with Crippen molar-refractivity contribution < 1.29 is 86.8 Å². The van der Waals surface area contributed by atoms with Gasteiger partial charge in [0.15, 0.2) is 29.2 Å². The van der Waals surface area contributed by atoms with Gasteiger partial charge in [-0.1, -0.05) is 118 Å². The molecular formula is C76H72N4O19. The van der Waals surface area contributed by atoms with Crippen molar-refractivity contribution in [3.05, 3.63) is 217 Å². The minimum atomic E-state index is -2.55. The summed E-state index contributed by atoms with van der Waals surface area (Å²) < 4.78 is 45.0. The third-order valence-corrected chi connectivity index (χ3v) is 21.0. The van der Waals surface area contributed by atoms with E-state index in [1.807, 2.05) is 24.3 Å². The summed E-state index contributed by atoms with van der Waals surface area (Å²) in [6.07, 6.45) is -9.79. The molecule has 2 aromatic heterocycles. The highest BCUT2D eigenvalue weighted by Gasteiger charge is 2.79. The van der Waals surface area contributed by atoms with Crippen LogP contribution in [0.5, 0.6) is 0 Å². The maximum absolute atomic E-state index is 16.7. The van der Waals surface area contributed by atoms with E-state index in [0.717, 1.165) is 19.2 Å². The largest absolute Gasteiger partial charge is 0.458 e. The summed E-state index contributed by atoms with van der Waals surface area (Å²) in [5, 5.41) is 41.4. The molecule has 23 heteroatoms. The highest BCUT2D eigenvalue weighted by molar-refractivity contribution is 6.03. The first-order valence-electron chi connectivity index (χ1n) is 32.7. The van der Waals surface area contributed by atoms with Crippen molar-refractivity contribution in [2.45, 2.75) is 147 Å². The van der Waals surface area contributed by atoms with Gasteiger partial charge in [-0.3, -0.25) is 29.0 Å². The number of aliphatic imine (C=N–C) groups is 1. The van der Waals surface area contributed by atoms with E-state index in [9.17, 15) is 53.7 Å². The van der Waals surface area contributed by atoms with Crippen LogP contribution in [0.15, 0.2) is 167 Å². The lowest BCUT2D eigenvalue weighted by Gasteiger charge is -2.67. The number of carbonyl (C=O) groups is 8. The molecule has 99 heavy (non-hydrogen) atoms. The highest BCUT2D eigenvalue weighted by atomic mass is 16.6. The molecule has 13 rings (SSSR count). The quantitative estimate of drug-likeness (QED) is 0.0313. The van der Waals surface area contributed by atoms with E-state index >= 15 is 4.79 Å². The van der Waals surface area contributed by atoms with E-state index in [1.54, 1.807) is 129 Å². The van der Waals surface area contributed by atoms with Gasteiger partial charge < -0.3 is 58.4 Å². The maximum Gasteiger partial charge on any atom is 0.343 e. The Morgan fingerprint density at radius 2 is 1.41 bits per heavy atom. The van der Waals surface area contributed by atoms with E-state index in [0.29, 0.717) is 39.2 Å². The van der Waals surface area contributed by atoms with Crippen LogP contribution in [0, 0.1) is 16.7 Å². The molecule has 6 aliphatic rings. The van der Waals surface area contributed by atoms with E-state index in [-0.39, 0.29) is 71.5 Å². The predicted molar refractivity (Wildman–Crippen MR) is 353 cm³/mol. The lowest BCUT2D eigenvalue weighted by atomic mass is 9.44. The normalized spacial score (nSPS) is 26.8. The molecule has 4 N–H and O–H groups in total. The fraction of sp³-hybridized carbons (Fsp3) is 0.355. The maximum atomic E-state index is 16.7. The smallest absolute Gasteiger partial charge is 0.343 e. The number of fused-ring (bicyclic) bond motifs is 10. The van der Waals surface area contributed by atoms with Gasteiger partial charge in [0.1, 0.15) is 36.6 Å². The number of carbonyl (C=O) groups excluding carboxylic acids is 8. The summed E-state index contributed by atoms with van der Waals surface area (Å²) in [5.41, 5.74) is -6.53. The topological polar surface area (TPSA) is 321 Å². The number of hydrogen-bond acceptors (Lipinski definition) is 21. The summed E-state index contributed by atoms with van der Waals surface area (Å²) in [6.45, 7) is 9.33. The fourth-order valence-corrected chi connectivity index (χ4v) is 15.7. The van der Waals surface area contributed by atoms with Crippen LogP contribution in [0.1, 0.15) is 138 Å². The Kier molecular flexibility index (Phi) is 17.3. The molecule has 3 aliphatic carbocycles. The molecular weight excluding hydrogens is 1270 g/mol. The molecule has 2 saturated carbocycles. The zero-order chi connectivity index (χ0) is 70.3. The van der Waals surface area contributed by atoms with Crippen LogP contribution in [0.4, 0.5) is 0 Å². The van der Waals surface area contributed by atoms with E-state index in [1.165, 1.54) is 38.1 Å². The van der Waals surface area contributed by atoms with E-state index < -0.39 is 142 Å². The molecule has 5 heterocycles.